The number of hydrogen-bond acceptors (Lipinski definition) is 5. The minimum Gasteiger partial charge on any atom is -0.446 e. The Labute approximate surface area is 152 Å². The number of nitrogens with zero attached hydrogens (tertiary/aromatic N) is 1. The van der Waals surface area contributed by atoms with Gasteiger partial charge in [0.1, 0.15) is 18.2 Å². The lowest BCUT2D eigenvalue weighted by atomic mass is 10.2. The van der Waals surface area contributed by atoms with Crippen LogP contribution in [0.2, 0.25) is 0 Å². The van der Waals surface area contributed by atoms with Gasteiger partial charge in [0.2, 0.25) is 17.7 Å². The summed E-state index contributed by atoms with van der Waals surface area (Å²) in [7, 11) is 0. The summed E-state index contributed by atoms with van der Waals surface area (Å²) >= 11 is 0. The second-order valence-electron chi connectivity index (χ2n) is 6.55. The van der Waals surface area contributed by atoms with Crippen LogP contribution in [0.3, 0.4) is 0 Å². The van der Waals surface area contributed by atoms with E-state index >= 15 is 0 Å². The average molecular weight is 366 g/mol. The van der Waals surface area contributed by atoms with Crippen molar-refractivity contribution in [2.75, 3.05) is 13.1 Å². The van der Waals surface area contributed by atoms with Crippen LogP contribution in [-0.2, 0) is 19.1 Å². The van der Waals surface area contributed by atoms with Crippen LogP contribution in [0.5, 0.6) is 0 Å². The summed E-state index contributed by atoms with van der Waals surface area (Å²) in [6.45, 7) is 3.58. The topological polar surface area (TPSA) is 131 Å². The summed E-state index contributed by atoms with van der Waals surface area (Å²) < 4.78 is 5.32. The fourth-order valence-electron chi connectivity index (χ4n) is 3.34. The number of rotatable bonds is 7. The molecule has 2 fully saturated rings. The number of alkyl carbamates (subject to hydrolysis) is 1. The molecule has 1 aliphatic heterocycles. The van der Waals surface area contributed by atoms with Gasteiger partial charge in [-0.25, -0.2) is 4.79 Å². The number of ether oxygens (including phenoxy) is 1. The Balaban J connectivity index is 2.02. The van der Waals surface area contributed by atoms with Gasteiger partial charge in [0.25, 0.3) is 0 Å². The molecule has 1 saturated carbocycles. The molecule has 26 heavy (non-hydrogen) atoms. The van der Waals surface area contributed by atoms with Crippen molar-refractivity contribution >= 4 is 23.8 Å². The first kappa shape index (κ1) is 19.7. The van der Waals surface area contributed by atoms with Gasteiger partial charge in [-0.3, -0.25) is 14.4 Å². The lowest BCUT2D eigenvalue weighted by Crippen LogP contribution is -2.56. The maximum Gasteiger partial charge on any atom is 0.408 e. The lowest BCUT2D eigenvalue weighted by molar-refractivity contribution is -0.139. The fourth-order valence-corrected chi connectivity index (χ4v) is 3.34. The molecule has 2 rings (SSSR count). The molecule has 2 atom stereocenters. The Morgan fingerprint density at radius 2 is 1.88 bits per heavy atom. The van der Waals surface area contributed by atoms with E-state index in [1.165, 1.54) is 4.90 Å². The normalized spacial score (nSPS) is 21.1. The number of amides is 4. The molecular weight excluding hydrogens is 340 g/mol. The first-order chi connectivity index (χ1) is 12.4. The van der Waals surface area contributed by atoms with Gasteiger partial charge < -0.3 is 26.0 Å². The summed E-state index contributed by atoms with van der Waals surface area (Å²) in [5.74, 6) is -1.53. The number of carbonyl (C=O) groups is 4. The molecular formula is C17H26N4O5. The van der Waals surface area contributed by atoms with Gasteiger partial charge in [-0.05, 0) is 44.6 Å². The van der Waals surface area contributed by atoms with Crippen LogP contribution in [0.1, 0.15) is 38.5 Å². The van der Waals surface area contributed by atoms with Gasteiger partial charge in [0.05, 0.1) is 0 Å². The minimum atomic E-state index is -1.05. The smallest absolute Gasteiger partial charge is 0.408 e. The van der Waals surface area contributed by atoms with E-state index in [2.05, 4.69) is 17.2 Å². The van der Waals surface area contributed by atoms with Crippen LogP contribution in [0.15, 0.2) is 12.7 Å². The fraction of sp³-hybridized carbons (Fsp3) is 0.647. The summed E-state index contributed by atoms with van der Waals surface area (Å²) in [5, 5.41) is 4.99. The first-order valence-electron chi connectivity index (χ1n) is 8.89. The summed E-state index contributed by atoms with van der Waals surface area (Å²) in [5.41, 5.74) is 5.35. The van der Waals surface area contributed by atoms with Crippen molar-refractivity contribution in [2.24, 2.45) is 5.73 Å². The molecule has 1 saturated heterocycles. The molecule has 0 aromatic carbocycles. The molecule has 1 heterocycles. The van der Waals surface area contributed by atoms with E-state index in [-0.39, 0.29) is 12.6 Å². The molecule has 1 aliphatic carbocycles. The van der Waals surface area contributed by atoms with Gasteiger partial charge in [0, 0.05) is 13.1 Å². The third-order valence-electron chi connectivity index (χ3n) is 4.70. The summed E-state index contributed by atoms with van der Waals surface area (Å²) in [6, 6.07) is -1.75. The van der Waals surface area contributed by atoms with E-state index < -0.39 is 35.9 Å². The van der Waals surface area contributed by atoms with Gasteiger partial charge in [-0.1, -0.05) is 6.58 Å². The zero-order valence-corrected chi connectivity index (χ0v) is 14.7. The highest BCUT2D eigenvalue weighted by Gasteiger charge is 2.37. The van der Waals surface area contributed by atoms with Crippen LogP contribution in [0, 0.1) is 0 Å². The predicted octanol–water partition coefficient (Wildman–Crippen LogP) is -0.198. The van der Waals surface area contributed by atoms with Crippen molar-refractivity contribution in [2.45, 2.75) is 56.7 Å². The van der Waals surface area contributed by atoms with Crippen LogP contribution >= 0.6 is 0 Å². The van der Waals surface area contributed by atoms with E-state index in [4.69, 9.17) is 10.5 Å². The Bertz CT molecular complexity index is 574. The van der Waals surface area contributed by atoms with Gasteiger partial charge in [-0.2, -0.15) is 0 Å². The zero-order chi connectivity index (χ0) is 19.1. The molecule has 144 valence electrons. The molecule has 0 aromatic rings. The van der Waals surface area contributed by atoms with Gasteiger partial charge >= 0.3 is 6.09 Å². The van der Waals surface area contributed by atoms with Crippen molar-refractivity contribution in [3.63, 3.8) is 0 Å². The zero-order valence-electron chi connectivity index (χ0n) is 14.7. The largest absolute Gasteiger partial charge is 0.446 e. The second-order valence-corrected chi connectivity index (χ2v) is 6.55. The van der Waals surface area contributed by atoms with Crippen molar-refractivity contribution in [3.8, 4) is 0 Å². The Morgan fingerprint density at radius 3 is 2.50 bits per heavy atom. The Hall–Kier alpha value is -2.58. The molecule has 9 nitrogen and oxygen atoms in total. The summed E-state index contributed by atoms with van der Waals surface area (Å²) in [4.78, 5) is 49.2. The molecule has 2 aliphatic rings. The van der Waals surface area contributed by atoms with Gasteiger partial charge in [0.15, 0.2) is 0 Å². The molecule has 0 radical (unpaired) electrons. The number of hydrogen-bond donors (Lipinski definition) is 3. The molecule has 4 amide bonds. The van der Waals surface area contributed by atoms with Crippen LogP contribution in [0.4, 0.5) is 4.79 Å². The van der Waals surface area contributed by atoms with E-state index in [1.54, 1.807) is 0 Å². The Morgan fingerprint density at radius 1 is 1.19 bits per heavy atom. The number of primary amides is 1. The predicted molar refractivity (Wildman–Crippen MR) is 92.8 cm³/mol. The highest BCUT2D eigenvalue weighted by molar-refractivity contribution is 5.92. The molecule has 0 unspecified atom stereocenters. The molecule has 4 N–H and O–H groups in total. The minimum absolute atomic E-state index is 0.133. The van der Waals surface area contributed by atoms with Crippen LogP contribution in [-0.4, -0.2) is 60.0 Å². The van der Waals surface area contributed by atoms with Crippen LogP contribution in [0.25, 0.3) is 0 Å². The van der Waals surface area contributed by atoms with Crippen LogP contribution < -0.4 is 16.4 Å². The SMILES string of the molecule is C=CC(=O)NC[C@H](NC(=O)OC1CCCC1)C(=O)N1CCC[C@H]1C(N)=O. The standard InChI is InChI=1S/C17H26N4O5/c1-2-14(22)19-10-12(20-17(25)26-11-6-3-4-7-11)16(24)21-9-5-8-13(21)15(18)23/h2,11-13H,1,3-10H2,(H2,18,23)(H,19,22)(H,20,25)/t12-,13-/m0/s1. The monoisotopic (exact) mass is 366 g/mol. The van der Waals surface area contributed by atoms with Crippen molar-refractivity contribution in [1.82, 2.24) is 15.5 Å². The average Bonchev–Trinajstić information content (AvgIpc) is 3.28. The molecule has 0 bridgehead atoms. The van der Waals surface area contributed by atoms with E-state index in [0.717, 1.165) is 31.8 Å². The molecule has 0 spiro atoms. The van der Waals surface area contributed by atoms with E-state index in [1.807, 2.05) is 0 Å². The summed E-state index contributed by atoms with van der Waals surface area (Å²) in [6.07, 6.45) is 4.95. The van der Waals surface area contributed by atoms with Gasteiger partial charge in [-0.15, -0.1) is 0 Å². The van der Waals surface area contributed by atoms with E-state index in [0.29, 0.717) is 19.4 Å². The van der Waals surface area contributed by atoms with E-state index in [9.17, 15) is 19.2 Å². The number of carbonyl (C=O) groups excluding carboxylic acids is 4. The quantitative estimate of drug-likeness (QED) is 0.537. The lowest BCUT2D eigenvalue weighted by Gasteiger charge is -2.28. The highest BCUT2D eigenvalue weighted by atomic mass is 16.6. The molecule has 9 heteroatoms. The van der Waals surface area contributed by atoms with Crippen molar-refractivity contribution < 1.29 is 23.9 Å². The number of nitrogens with two attached hydrogens (primary N) is 1. The first-order valence-corrected chi connectivity index (χ1v) is 8.89. The Kier molecular flexibility index (Phi) is 6.99. The second kappa shape index (κ2) is 9.21. The highest BCUT2D eigenvalue weighted by Crippen LogP contribution is 2.21. The maximum absolute atomic E-state index is 12.8. The van der Waals surface area contributed by atoms with Crippen molar-refractivity contribution in [3.05, 3.63) is 12.7 Å². The number of likely N-dealkylation sites (tertiary alicyclic amines) is 1. The van der Waals surface area contributed by atoms with Crippen molar-refractivity contribution in [1.29, 1.82) is 0 Å². The third kappa shape index (κ3) is 5.21. The molecule has 0 aromatic heterocycles. The number of nitrogens with one attached hydrogen (secondary N) is 2. The maximum atomic E-state index is 12.8. The third-order valence-corrected chi connectivity index (χ3v) is 4.70.